The summed E-state index contributed by atoms with van der Waals surface area (Å²) in [6.07, 6.45) is 4.80. The highest BCUT2D eigenvalue weighted by Crippen LogP contribution is 2.35. The molecule has 0 aliphatic rings. The number of aliphatic hydroxyl groups is 1. The lowest BCUT2D eigenvalue weighted by molar-refractivity contribution is 0.200. The van der Waals surface area contributed by atoms with Crippen LogP contribution in [-0.2, 0) is 6.42 Å². The maximum Gasteiger partial charge on any atom is 0.147 e. The van der Waals surface area contributed by atoms with Crippen molar-refractivity contribution in [3.05, 3.63) is 26.6 Å². The van der Waals surface area contributed by atoms with Gasteiger partial charge in [-0.15, -0.1) is 0 Å². The number of aryl methyl sites for hydroxylation is 1. The maximum atomic E-state index is 8.75. The van der Waals surface area contributed by atoms with Crippen molar-refractivity contribution in [2.45, 2.75) is 32.6 Å². The number of hydrogen-bond donors (Lipinski definition) is 1. The Morgan fingerprint density at radius 2 is 1.82 bits per heavy atom. The van der Waals surface area contributed by atoms with Gasteiger partial charge in [-0.05, 0) is 62.4 Å². The molecule has 0 aromatic heterocycles. The number of hydrogen-bond acceptors (Lipinski definition) is 2. The third-order valence-electron chi connectivity index (χ3n) is 2.46. The van der Waals surface area contributed by atoms with Crippen molar-refractivity contribution in [2.24, 2.45) is 0 Å². The van der Waals surface area contributed by atoms with E-state index in [1.165, 1.54) is 24.8 Å². The molecule has 1 aromatic rings. The number of halogens is 2. The first kappa shape index (κ1) is 15.0. The fraction of sp³-hybridized carbons (Fsp3) is 0.538. The first-order valence-electron chi connectivity index (χ1n) is 5.90. The van der Waals surface area contributed by atoms with Crippen LogP contribution in [0.4, 0.5) is 0 Å². The number of unbranched alkanes of at least 4 members (excludes halogenated alkanes) is 2. The SMILES string of the molecule is CCCCCc1cc(Br)c(OCCO)c(Br)c1. The van der Waals surface area contributed by atoms with Crippen LogP contribution < -0.4 is 4.74 Å². The van der Waals surface area contributed by atoms with Crippen LogP contribution in [0.15, 0.2) is 21.1 Å². The average molecular weight is 366 g/mol. The molecule has 1 N–H and O–H groups in total. The van der Waals surface area contributed by atoms with Gasteiger partial charge in [0.15, 0.2) is 0 Å². The monoisotopic (exact) mass is 364 g/mol. The maximum absolute atomic E-state index is 8.75. The minimum Gasteiger partial charge on any atom is -0.489 e. The van der Waals surface area contributed by atoms with Gasteiger partial charge < -0.3 is 9.84 Å². The Kier molecular flexibility index (Phi) is 7.16. The molecule has 1 rings (SSSR count). The first-order valence-corrected chi connectivity index (χ1v) is 7.49. The molecule has 0 radical (unpaired) electrons. The van der Waals surface area contributed by atoms with Crippen LogP contribution in [0.2, 0.25) is 0 Å². The lowest BCUT2D eigenvalue weighted by Crippen LogP contribution is -2.03. The molecule has 0 aliphatic carbocycles. The molecule has 1 aromatic carbocycles. The van der Waals surface area contributed by atoms with Gasteiger partial charge in [-0.1, -0.05) is 19.8 Å². The predicted octanol–water partition coefficient (Wildman–Crippen LogP) is 4.32. The van der Waals surface area contributed by atoms with E-state index < -0.39 is 0 Å². The molecule has 0 spiro atoms. The summed E-state index contributed by atoms with van der Waals surface area (Å²) >= 11 is 7.00. The van der Waals surface area contributed by atoms with Crippen LogP contribution in [0.25, 0.3) is 0 Å². The topological polar surface area (TPSA) is 29.5 Å². The second-order valence-electron chi connectivity index (χ2n) is 3.92. The first-order chi connectivity index (χ1) is 8.19. The molecule has 17 heavy (non-hydrogen) atoms. The Morgan fingerprint density at radius 3 is 2.35 bits per heavy atom. The zero-order valence-electron chi connectivity index (χ0n) is 10.0. The van der Waals surface area contributed by atoms with Crippen molar-refractivity contribution >= 4 is 31.9 Å². The normalized spacial score (nSPS) is 10.6. The van der Waals surface area contributed by atoms with Gasteiger partial charge >= 0.3 is 0 Å². The molecule has 96 valence electrons. The summed E-state index contributed by atoms with van der Waals surface area (Å²) < 4.78 is 7.33. The van der Waals surface area contributed by atoms with Gasteiger partial charge in [0.2, 0.25) is 0 Å². The lowest BCUT2D eigenvalue weighted by Gasteiger charge is -2.11. The summed E-state index contributed by atoms with van der Waals surface area (Å²) in [7, 11) is 0. The lowest BCUT2D eigenvalue weighted by atomic mass is 10.1. The Balaban J connectivity index is 2.71. The number of benzene rings is 1. The Morgan fingerprint density at radius 1 is 1.18 bits per heavy atom. The molecule has 0 unspecified atom stereocenters. The van der Waals surface area contributed by atoms with Crippen LogP contribution in [-0.4, -0.2) is 18.3 Å². The predicted molar refractivity (Wildman–Crippen MR) is 77.7 cm³/mol. The van der Waals surface area contributed by atoms with E-state index in [-0.39, 0.29) is 6.61 Å². The molecule has 0 saturated heterocycles. The molecule has 0 atom stereocenters. The number of rotatable bonds is 7. The van der Waals surface area contributed by atoms with Crippen molar-refractivity contribution in [1.29, 1.82) is 0 Å². The third-order valence-corrected chi connectivity index (χ3v) is 3.64. The van der Waals surface area contributed by atoms with E-state index >= 15 is 0 Å². The van der Waals surface area contributed by atoms with E-state index in [1.807, 2.05) is 0 Å². The molecule has 0 aliphatic heterocycles. The highest BCUT2D eigenvalue weighted by atomic mass is 79.9. The highest BCUT2D eigenvalue weighted by Gasteiger charge is 2.08. The van der Waals surface area contributed by atoms with Gasteiger partial charge in [0, 0.05) is 0 Å². The molecular weight excluding hydrogens is 348 g/mol. The molecule has 0 bridgehead atoms. The zero-order chi connectivity index (χ0) is 12.7. The quantitative estimate of drug-likeness (QED) is 0.729. The minimum atomic E-state index is 0.0249. The van der Waals surface area contributed by atoms with Crippen molar-refractivity contribution in [1.82, 2.24) is 0 Å². The third kappa shape index (κ3) is 4.98. The van der Waals surface area contributed by atoms with E-state index in [0.717, 1.165) is 21.1 Å². The Hall–Kier alpha value is -0.0600. The van der Waals surface area contributed by atoms with Gasteiger partial charge in [-0.2, -0.15) is 0 Å². The van der Waals surface area contributed by atoms with E-state index in [9.17, 15) is 0 Å². The molecule has 2 nitrogen and oxygen atoms in total. The van der Waals surface area contributed by atoms with Crippen LogP contribution in [0.5, 0.6) is 5.75 Å². The molecule has 0 amide bonds. The second-order valence-corrected chi connectivity index (χ2v) is 5.63. The standard InChI is InChI=1S/C13H18Br2O2/c1-2-3-4-5-10-8-11(14)13(12(15)9-10)17-7-6-16/h8-9,16H,2-7H2,1H3. The molecule has 4 heteroatoms. The number of aliphatic hydroxyl groups excluding tert-OH is 1. The summed E-state index contributed by atoms with van der Waals surface area (Å²) in [6, 6.07) is 4.18. The van der Waals surface area contributed by atoms with Crippen molar-refractivity contribution < 1.29 is 9.84 Å². The fourth-order valence-electron chi connectivity index (χ4n) is 1.62. The summed E-state index contributed by atoms with van der Waals surface area (Å²) in [5.41, 5.74) is 1.30. The van der Waals surface area contributed by atoms with Gasteiger partial charge in [0.25, 0.3) is 0 Å². The second kappa shape index (κ2) is 8.11. The fourth-order valence-corrected chi connectivity index (χ4v) is 3.13. The molecular formula is C13H18Br2O2. The highest BCUT2D eigenvalue weighted by molar-refractivity contribution is 9.11. The van der Waals surface area contributed by atoms with Crippen molar-refractivity contribution in [3.8, 4) is 5.75 Å². The van der Waals surface area contributed by atoms with Gasteiger partial charge in [0.1, 0.15) is 12.4 Å². The summed E-state index contributed by atoms with van der Waals surface area (Å²) in [5.74, 6) is 0.762. The summed E-state index contributed by atoms with van der Waals surface area (Å²) in [6.45, 7) is 2.54. The van der Waals surface area contributed by atoms with Crippen LogP contribution in [0.3, 0.4) is 0 Å². The van der Waals surface area contributed by atoms with Gasteiger partial charge in [0.05, 0.1) is 15.6 Å². The van der Waals surface area contributed by atoms with Crippen LogP contribution in [0, 0.1) is 0 Å². The molecule has 0 saturated carbocycles. The van der Waals surface area contributed by atoms with E-state index in [0.29, 0.717) is 6.61 Å². The van der Waals surface area contributed by atoms with Crippen LogP contribution >= 0.6 is 31.9 Å². The van der Waals surface area contributed by atoms with Crippen LogP contribution in [0.1, 0.15) is 31.7 Å². The molecule has 0 fully saturated rings. The van der Waals surface area contributed by atoms with Gasteiger partial charge in [-0.3, -0.25) is 0 Å². The van der Waals surface area contributed by atoms with E-state index in [1.54, 1.807) is 0 Å². The molecule has 0 heterocycles. The number of ether oxygens (including phenoxy) is 1. The smallest absolute Gasteiger partial charge is 0.147 e. The van der Waals surface area contributed by atoms with Gasteiger partial charge in [-0.25, -0.2) is 0 Å². The largest absolute Gasteiger partial charge is 0.489 e. The summed E-state index contributed by atoms with van der Waals surface area (Å²) in [5, 5.41) is 8.75. The Labute approximate surface area is 120 Å². The average Bonchev–Trinajstić information content (AvgIpc) is 2.28. The minimum absolute atomic E-state index is 0.0249. The zero-order valence-corrected chi connectivity index (χ0v) is 13.2. The Bertz CT molecular complexity index is 330. The van der Waals surface area contributed by atoms with E-state index in [2.05, 4.69) is 50.9 Å². The van der Waals surface area contributed by atoms with E-state index in [4.69, 9.17) is 9.84 Å². The summed E-state index contributed by atoms with van der Waals surface area (Å²) in [4.78, 5) is 0. The van der Waals surface area contributed by atoms with Crippen molar-refractivity contribution in [3.63, 3.8) is 0 Å². The van der Waals surface area contributed by atoms with Crippen molar-refractivity contribution in [2.75, 3.05) is 13.2 Å².